The third kappa shape index (κ3) is 4.44. The summed E-state index contributed by atoms with van der Waals surface area (Å²) in [6.45, 7) is 0.159. The Morgan fingerprint density at radius 3 is 2.77 bits per heavy atom. The Balaban J connectivity index is 2.04. The molecule has 0 unspecified atom stereocenters. The summed E-state index contributed by atoms with van der Waals surface area (Å²) in [4.78, 5) is 14.0. The molecule has 1 aromatic carbocycles. The highest BCUT2D eigenvalue weighted by Crippen LogP contribution is 2.29. The zero-order chi connectivity index (χ0) is 19.2. The van der Waals surface area contributed by atoms with E-state index in [0.29, 0.717) is 11.4 Å². The Morgan fingerprint density at radius 1 is 1.35 bits per heavy atom. The van der Waals surface area contributed by atoms with Crippen molar-refractivity contribution in [1.82, 2.24) is 9.71 Å². The summed E-state index contributed by atoms with van der Waals surface area (Å²) in [5, 5.41) is 22.8. The smallest absolute Gasteiger partial charge is 0.312 e. The number of hydrogen-bond acceptors (Lipinski definition) is 8. The highest BCUT2D eigenvalue weighted by atomic mass is 32.2. The summed E-state index contributed by atoms with van der Waals surface area (Å²) in [6.07, 6.45) is 1.50. The molecule has 1 heterocycles. The SMILES string of the molecule is COc1ccc(S(=O)(=O)NCCNc2ncccc2C#N)cc1[N+](=O)[O-]. The van der Waals surface area contributed by atoms with Gasteiger partial charge in [0, 0.05) is 25.4 Å². The Morgan fingerprint density at radius 2 is 2.12 bits per heavy atom. The molecule has 11 heteroatoms. The molecular weight excluding hydrogens is 362 g/mol. The summed E-state index contributed by atoms with van der Waals surface area (Å²) in [7, 11) is -2.69. The Bertz CT molecular complexity index is 955. The minimum atomic E-state index is -3.95. The van der Waals surface area contributed by atoms with Crippen molar-refractivity contribution in [3.63, 3.8) is 0 Å². The van der Waals surface area contributed by atoms with Crippen LogP contribution in [0.5, 0.6) is 5.75 Å². The second-order valence-corrected chi connectivity index (χ2v) is 6.69. The Labute approximate surface area is 149 Å². The first-order chi connectivity index (χ1) is 12.4. The zero-order valence-electron chi connectivity index (χ0n) is 13.7. The van der Waals surface area contributed by atoms with E-state index in [1.807, 2.05) is 6.07 Å². The van der Waals surface area contributed by atoms with E-state index in [1.54, 1.807) is 12.1 Å². The van der Waals surface area contributed by atoms with Crippen LogP contribution in [0, 0.1) is 21.4 Å². The van der Waals surface area contributed by atoms with Gasteiger partial charge in [0.25, 0.3) is 0 Å². The predicted octanol–water partition coefficient (Wildman–Crippen LogP) is 1.26. The average Bonchev–Trinajstić information content (AvgIpc) is 2.64. The van der Waals surface area contributed by atoms with Crippen molar-refractivity contribution in [2.45, 2.75) is 4.90 Å². The first kappa shape index (κ1) is 19.1. The predicted molar refractivity (Wildman–Crippen MR) is 92.3 cm³/mol. The molecule has 2 rings (SSSR count). The van der Waals surface area contributed by atoms with Gasteiger partial charge < -0.3 is 10.1 Å². The molecule has 1 aromatic heterocycles. The van der Waals surface area contributed by atoms with Crippen LogP contribution in [0.2, 0.25) is 0 Å². The first-order valence-corrected chi connectivity index (χ1v) is 8.78. The van der Waals surface area contributed by atoms with E-state index in [9.17, 15) is 18.5 Å². The standard InChI is InChI=1S/C15H15N5O5S/c1-25-14-5-4-12(9-13(14)20(21)22)26(23,24)19-8-7-18-15-11(10-16)3-2-6-17-15/h2-6,9,19H,7-8H2,1H3,(H,17,18). The number of nitrogens with one attached hydrogen (secondary N) is 2. The fourth-order valence-electron chi connectivity index (χ4n) is 2.07. The van der Waals surface area contributed by atoms with Crippen LogP contribution in [-0.4, -0.2) is 38.5 Å². The average molecular weight is 377 g/mol. The van der Waals surface area contributed by atoms with Crippen molar-refractivity contribution >= 4 is 21.5 Å². The topological polar surface area (TPSA) is 147 Å². The maximum Gasteiger partial charge on any atom is 0.312 e. The molecule has 0 bridgehead atoms. The van der Waals surface area contributed by atoms with E-state index in [-0.39, 0.29) is 23.7 Å². The molecule has 0 spiro atoms. The number of methoxy groups -OCH3 is 1. The quantitative estimate of drug-likeness (QED) is 0.397. The molecule has 0 amide bonds. The zero-order valence-corrected chi connectivity index (χ0v) is 14.5. The highest BCUT2D eigenvalue weighted by molar-refractivity contribution is 7.89. The fraction of sp³-hybridized carbons (Fsp3) is 0.200. The van der Waals surface area contributed by atoms with E-state index >= 15 is 0 Å². The molecule has 0 aliphatic carbocycles. The molecule has 2 N–H and O–H groups in total. The van der Waals surface area contributed by atoms with Gasteiger partial charge in [0.05, 0.1) is 22.5 Å². The number of nitro benzene ring substituents is 1. The van der Waals surface area contributed by atoms with E-state index in [2.05, 4.69) is 15.0 Å². The summed E-state index contributed by atoms with van der Waals surface area (Å²) in [6, 6.07) is 8.53. The second kappa shape index (κ2) is 8.24. The first-order valence-electron chi connectivity index (χ1n) is 7.30. The molecule has 26 heavy (non-hydrogen) atoms. The summed E-state index contributed by atoms with van der Waals surface area (Å²) in [5.74, 6) is 0.309. The van der Waals surface area contributed by atoms with Crippen LogP contribution in [0.1, 0.15) is 5.56 Å². The molecule has 2 aromatic rings. The van der Waals surface area contributed by atoms with Gasteiger partial charge in [-0.2, -0.15) is 5.26 Å². The normalized spacial score (nSPS) is 10.8. The van der Waals surface area contributed by atoms with Crippen molar-refractivity contribution in [2.75, 3.05) is 25.5 Å². The van der Waals surface area contributed by atoms with Crippen LogP contribution in [0.25, 0.3) is 0 Å². The second-order valence-electron chi connectivity index (χ2n) is 4.93. The molecule has 0 aliphatic heterocycles. The molecule has 0 saturated heterocycles. The lowest BCUT2D eigenvalue weighted by molar-refractivity contribution is -0.386. The van der Waals surface area contributed by atoms with Gasteiger partial charge >= 0.3 is 5.69 Å². The van der Waals surface area contributed by atoms with Gasteiger partial charge in [-0.05, 0) is 24.3 Å². The molecule has 0 radical (unpaired) electrons. The number of nitro groups is 1. The lowest BCUT2D eigenvalue weighted by Gasteiger charge is -2.10. The number of hydrogen-bond donors (Lipinski definition) is 2. The van der Waals surface area contributed by atoms with Gasteiger partial charge in [0.15, 0.2) is 5.75 Å². The van der Waals surface area contributed by atoms with E-state index < -0.39 is 20.6 Å². The molecule has 0 aliphatic rings. The van der Waals surface area contributed by atoms with Crippen molar-refractivity contribution in [1.29, 1.82) is 5.26 Å². The summed E-state index contributed by atoms with van der Waals surface area (Å²) >= 11 is 0. The van der Waals surface area contributed by atoms with Crippen LogP contribution in [0.4, 0.5) is 11.5 Å². The number of rotatable bonds is 8. The number of ether oxygens (including phenoxy) is 1. The van der Waals surface area contributed by atoms with Crippen LogP contribution in [0.15, 0.2) is 41.4 Å². The van der Waals surface area contributed by atoms with E-state index in [1.165, 1.54) is 25.4 Å². The maximum atomic E-state index is 12.3. The molecular formula is C15H15N5O5S. The highest BCUT2D eigenvalue weighted by Gasteiger charge is 2.21. The molecule has 136 valence electrons. The minimum Gasteiger partial charge on any atom is -0.490 e. The van der Waals surface area contributed by atoms with Crippen molar-refractivity contribution in [3.8, 4) is 11.8 Å². The van der Waals surface area contributed by atoms with Gasteiger partial charge in [-0.15, -0.1) is 0 Å². The van der Waals surface area contributed by atoms with Gasteiger partial charge in [-0.3, -0.25) is 10.1 Å². The van der Waals surface area contributed by atoms with Crippen molar-refractivity contribution < 1.29 is 18.1 Å². The summed E-state index contributed by atoms with van der Waals surface area (Å²) in [5.41, 5.74) is -0.109. The lowest BCUT2D eigenvalue weighted by atomic mass is 10.3. The Kier molecular flexibility index (Phi) is 6.05. The molecule has 10 nitrogen and oxygen atoms in total. The summed E-state index contributed by atoms with van der Waals surface area (Å²) < 4.78 is 31.7. The van der Waals surface area contributed by atoms with Gasteiger partial charge in [0.1, 0.15) is 11.9 Å². The fourth-order valence-corrected chi connectivity index (χ4v) is 3.12. The largest absolute Gasteiger partial charge is 0.490 e. The van der Waals surface area contributed by atoms with Crippen LogP contribution >= 0.6 is 0 Å². The molecule has 0 saturated carbocycles. The number of sulfonamides is 1. The number of aromatic nitrogens is 1. The van der Waals surface area contributed by atoms with Crippen molar-refractivity contribution in [3.05, 3.63) is 52.2 Å². The maximum absolute atomic E-state index is 12.3. The minimum absolute atomic E-state index is 0.0103. The molecule has 0 fully saturated rings. The lowest BCUT2D eigenvalue weighted by Crippen LogP contribution is -2.29. The van der Waals surface area contributed by atoms with Crippen molar-refractivity contribution in [2.24, 2.45) is 0 Å². The third-order valence-electron chi connectivity index (χ3n) is 3.30. The van der Waals surface area contributed by atoms with Gasteiger partial charge in [0.2, 0.25) is 10.0 Å². The van der Waals surface area contributed by atoms with Crippen LogP contribution in [0.3, 0.4) is 0 Å². The number of nitriles is 1. The number of benzene rings is 1. The third-order valence-corrected chi connectivity index (χ3v) is 4.75. The van der Waals surface area contributed by atoms with E-state index in [0.717, 1.165) is 6.07 Å². The Hall–Kier alpha value is -3.23. The van der Waals surface area contributed by atoms with E-state index in [4.69, 9.17) is 10.00 Å². The monoisotopic (exact) mass is 377 g/mol. The number of pyridine rings is 1. The van der Waals surface area contributed by atoms with Gasteiger partial charge in [-0.25, -0.2) is 18.1 Å². The van der Waals surface area contributed by atoms with Gasteiger partial charge in [-0.1, -0.05) is 0 Å². The molecule has 0 atom stereocenters. The van der Waals surface area contributed by atoms with Crippen LogP contribution < -0.4 is 14.8 Å². The number of anilines is 1. The number of nitrogens with zero attached hydrogens (tertiary/aromatic N) is 3. The van der Waals surface area contributed by atoms with Crippen LogP contribution in [-0.2, 0) is 10.0 Å².